The van der Waals surface area contributed by atoms with Gasteiger partial charge >= 0.3 is 5.97 Å². The maximum absolute atomic E-state index is 13.7. The van der Waals surface area contributed by atoms with Gasteiger partial charge in [0.1, 0.15) is 12.2 Å². The van der Waals surface area contributed by atoms with Crippen LogP contribution in [0.3, 0.4) is 0 Å². The van der Waals surface area contributed by atoms with Gasteiger partial charge in [-0.3, -0.25) is 33.7 Å². The van der Waals surface area contributed by atoms with E-state index in [1.807, 2.05) is 6.07 Å². The molecule has 0 spiro atoms. The quantitative estimate of drug-likeness (QED) is 0.429. The van der Waals surface area contributed by atoms with Crippen molar-refractivity contribution in [3.63, 3.8) is 0 Å². The molecule has 0 unspecified atom stereocenters. The lowest BCUT2D eigenvalue weighted by atomic mass is 10.1. The van der Waals surface area contributed by atoms with Crippen LogP contribution in [-0.2, 0) is 21.4 Å². The molecule has 9 nitrogen and oxygen atoms in total. The average Bonchev–Trinajstić information content (AvgIpc) is 3.35. The van der Waals surface area contributed by atoms with Crippen molar-refractivity contribution >= 4 is 63.0 Å². The number of anilines is 2. The molecule has 176 valence electrons. The molecule has 3 heterocycles. The van der Waals surface area contributed by atoms with Gasteiger partial charge in [0, 0.05) is 12.6 Å². The molecule has 2 aliphatic rings. The highest BCUT2D eigenvalue weighted by atomic mass is 32.2. The first-order valence-electron chi connectivity index (χ1n) is 10.5. The summed E-state index contributed by atoms with van der Waals surface area (Å²) < 4.78 is 3.20. The Bertz CT molecular complexity index is 1540. The number of aromatic nitrogens is 2. The van der Waals surface area contributed by atoms with E-state index in [1.54, 1.807) is 67.2 Å². The Morgan fingerprint density at radius 1 is 1.00 bits per heavy atom. The van der Waals surface area contributed by atoms with E-state index in [0.717, 1.165) is 21.6 Å². The minimum absolute atomic E-state index is 0.0641. The molecule has 0 atom stereocenters. The molecule has 5 rings (SSSR count). The van der Waals surface area contributed by atoms with E-state index in [0.29, 0.717) is 22.6 Å². The monoisotopic (exact) mass is 506 g/mol. The number of carbonyl (C=O) groups excluding carboxylic acids is 2. The number of rotatable bonds is 4. The largest absolute Gasteiger partial charge is 0.480 e. The van der Waals surface area contributed by atoms with E-state index in [-0.39, 0.29) is 20.5 Å². The first-order valence-corrected chi connectivity index (χ1v) is 11.7. The third-order valence-electron chi connectivity index (χ3n) is 5.96. The predicted molar refractivity (Wildman–Crippen MR) is 137 cm³/mol. The lowest BCUT2D eigenvalue weighted by molar-refractivity contribution is -0.136. The summed E-state index contributed by atoms with van der Waals surface area (Å²) in [5.74, 6) is -2.37. The Morgan fingerprint density at radius 2 is 1.66 bits per heavy atom. The molecule has 1 N–H and O–H groups in total. The fraction of sp³-hybridized carbons (Fsp3) is 0.125. The Labute approximate surface area is 208 Å². The van der Waals surface area contributed by atoms with Gasteiger partial charge in [0.15, 0.2) is 4.32 Å². The van der Waals surface area contributed by atoms with Crippen LogP contribution >= 0.6 is 24.0 Å². The van der Waals surface area contributed by atoms with Crippen LogP contribution in [0.5, 0.6) is 0 Å². The zero-order chi connectivity index (χ0) is 25.0. The van der Waals surface area contributed by atoms with E-state index >= 15 is 0 Å². The highest BCUT2D eigenvalue weighted by molar-refractivity contribution is 8.27. The average molecular weight is 507 g/mol. The summed E-state index contributed by atoms with van der Waals surface area (Å²) in [5.41, 5.74) is 1.77. The van der Waals surface area contributed by atoms with Crippen LogP contribution in [0.4, 0.5) is 11.4 Å². The smallest absolute Gasteiger partial charge is 0.323 e. The first kappa shape index (κ1) is 22.8. The van der Waals surface area contributed by atoms with Crippen LogP contribution in [-0.4, -0.2) is 43.1 Å². The van der Waals surface area contributed by atoms with Crippen molar-refractivity contribution < 1.29 is 19.5 Å². The third kappa shape index (κ3) is 3.43. The van der Waals surface area contributed by atoms with Crippen molar-refractivity contribution in [3.05, 3.63) is 81.1 Å². The van der Waals surface area contributed by atoms with Crippen molar-refractivity contribution in [3.8, 4) is 5.69 Å². The molecule has 0 saturated carbocycles. The fourth-order valence-electron chi connectivity index (χ4n) is 4.32. The molecular weight excluding hydrogens is 488 g/mol. The summed E-state index contributed by atoms with van der Waals surface area (Å²) in [6, 6.07) is 15.7. The van der Waals surface area contributed by atoms with E-state index < -0.39 is 29.9 Å². The molecule has 3 aromatic rings. The number of fused-ring (bicyclic) bond motifs is 1. The number of carboxylic acid groups (broad SMARTS) is 1. The maximum atomic E-state index is 13.7. The lowest BCUT2D eigenvalue weighted by Gasteiger charge is -2.14. The van der Waals surface area contributed by atoms with Crippen LogP contribution < -0.4 is 15.4 Å². The van der Waals surface area contributed by atoms with Gasteiger partial charge in [0.25, 0.3) is 17.4 Å². The fourth-order valence-corrected chi connectivity index (χ4v) is 5.66. The number of para-hydroxylation sites is 2. The van der Waals surface area contributed by atoms with Gasteiger partial charge in [-0.15, -0.1) is 0 Å². The third-order valence-corrected chi connectivity index (χ3v) is 7.33. The molecule has 0 bridgehead atoms. The molecule has 35 heavy (non-hydrogen) atoms. The predicted octanol–water partition coefficient (Wildman–Crippen LogP) is 2.69. The van der Waals surface area contributed by atoms with Crippen LogP contribution in [0.2, 0.25) is 0 Å². The van der Waals surface area contributed by atoms with Crippen molar-refractivity contribution in [2.75, 3.05) is 16.3 Å². The number of nitrogens with zero attached hydrogens (tertiary/aromatic N) is 4. The van der Waals surface area contributed by atoms with Crippen LogP contribution in [0.25, 0.3) is 11.3 Å². The number of benzene rings is 2. The summed E-state index contributed by atoms with van der Waals surface area (Å²) in [7, 11) is 1.71. The zero-order valence-corrected chi connectivity index (χ0v) is 20.2. The van der Waals surface area contributed by atoms with Gasteiger partial charge in [-0.25, -0.2) is 4.68 Å². The second-order valence-corrected chi connectivity index (χ2v) is 9.57. The van der Waals surface area contributed by atoms with E-state index in [1.165, 1.54) is 4.68 Å². The number of aliphatic carboxylic acids is 1. The number of hydrogen-bond acceptors (Lipinski definition) is 6. The number of thioether (sulfide) groups is 1. The molecule has 2 aliphatic heterocycles. The summed E-state index contributed by atoms with van der Waals surface area (Å²) in [5, 5.41) is 9.29. The molecule has 1 saturated heterocycles. The van der Waals surface area contributed by atoms with Crippen LogP contribution in [0.1, 0.15) is 11.3 Å². The van der Waals surface area contributed by atoms with Crippen molar-refractivity contribution in [1.82, 2.24) is 9.36 Å². The number of amides is 2. The van der Waals surface area contributed by atoms with Gasteiger partial charge in [-0.05, 0) is 25.1 Å². The number of carboxylic acids is 1. The normalized spacial score (nSPS) is 17.5. The van der Waals surface area contributed by atoms with Crippen molar-refractivity contribution in [1.29, 1.82) is 0 Å². The van der Waals surface area contributed by atoms with Crippen LogP contribution in [0.15, 0.2) is 64.3 Å². The summed E-state index contributed by atoms with van der Waals surface area (Å²) in [4.78, 5) is 54.1. The standard InChI is InChI=1S/C24H18N4O5S2/c1-13-19(22(32)28(25(13)2)14-8-4-3-5-9-14)27-23(33)20(35-24(27)34)18-15-10-6-7-11-16(15)26(21(18)31)12-17(29)30/h3-11H,12H2,1-2H3,(H,29,30). The Hall–Kier alpha value is -3.96. The topological polar surface area (TPSA) is 105 Å². The molecule has 2 aromatic carbocycles. The highest BCUT2D eigenvalue weighted by Crippen LogP contribution is 2.45. The second kappa shape index (κ2) is 8.36. The molecule has 11 heteroatoms. The van der Waals surface area contributed by atoms with Crippen molar-refractivity contribution in [2.45, 2.75) is 6.92 Å². The van der Waals surface area contributed by atoms with E-state index in [2.05, 4.69) is 0 Å². The minimum Gasteiger partial charge on any atom is -0.480 e. The molecular formula is C24H18N4O5S2. The Balaban J connectivity index is 1.65. The second-order valence-electron chi connectivity index (χ2n) is 7.92. The zero-order valence-electron chi connectivity index (χ0n) is 18.6. The number of hydrogen-bond donors (Lipinski definition) is 1. The van der Waals surface area contributed by atoms with E-state index in [9.17, 15) is 24.3 Å². The molecule has 1 aromatic heterocycles. The minimum atomic E-state index is -1.18. The van der Waals surface area contributed by atoms with Gasteiger partial charge < -0.3 is 5.11 Å². The van der Waals surface area contributed by atoms with Gasteiger partial charge in [0.05, 0.1) is 27.5 Å². The van der Waals surface area contributed by atoms with Gasteiger partial charge in [-0.1, -0.05) is 60.4 Å². The molecule has 1 fully saturated rings. The number of carbonyl (C=O) groups is 3. The van der Waals surface area contributed by atoms with Crippen LogP contribution in [0, 0.1) is 6.92 Å². The molecule has 0 aliphatic carbocycles. The van der Waals surface area contributed by atoms with Gasteiger partial charge in [0.2, 0.25) is 0 Å². The lowest BCUT2D eigenvalue weighted by Crippen LogP contribution is -2.34. The molecule has 0 radical (unpaired) electrons. The highest BCUT2D eigenvalue weighted by Gasteiger charge is 2.44. The summed E-state index contributed by atoms with van der Waals surface area (Å²) in [6.07, 6.45) is 0. The molecule has 2 amide bonds. The van der Waals surface area contributed by atoms with Crippen molar-refractivity contribution in [2.24, 2.45) is 7.05 Å². The number of thiocarbonyl (C=S) groups is 1. The summed E-state index contributed by atoms with van der Waals surface area (Å²) >= 11 is 6.42. The van der Waals surface area contributed by atoms with E-state index in [4.69, 9.17) is 12.2 Å². The SMILES string of the molecule is Cc1c(N2C(=O)C(=C3C(=O)N(CC(=O)O)c4ccccc43)SC2=S)c(=O)n(-c2ccccc2)n1C. The summed E-state index contributed by atoms with van der Waals surface area (Å²) in [6.45, 7) is 1.17. The Morgan fingerprint density at radius 3 is 2.34 bits per heavy atom. The Kier molecular flexibility index (Phi) is 5.45. The van der Waals surface area contributed by atoms with Gasteiger partial charge in [-0.2, -0.15) is 0 Å². The maximum Gasteiger partial charge on any atom is 0.323 e. The first-order chi connectivity index (χ1) is 16.7.